The SMILES string of the molecule is Cc1cc(-c2ccc(N3CCN(C4CC4)CC3)nc2)ccn1.Cl. The van der Waals surface area contributed by atoms with Crippen molar-refractivity contribution >= 4 is 18.2 Å². The number of hydrogen-bond acceptors (Lipinski definition) is 4. The van der Waals surface area contributed by atoms with Crippen LogP contribution in [0.1, 0.15) is 18.5 Å². The van der Waals surface area contributed by atoms with E-state index in [1.54, 1.807) is 0 Å². The molecular formula is C18H23ClN4. The number of halogens is 1. The summed E-state index contributed by atoms with van der Waals surface area (Å²) >= 11 is 0. The van der Waals surface area contributed by atoms with Gasteiger partial charge in [0.05, 0.1) is 0 Å². The average Bonchev–Trinajstić information content (AvgIpc) is 3.40. The summed E-state index contributed by atoms with van der Waals surface area (Å²) < 4.78 is 0. The van der Waals surface area contributed by atoms with Crippen molar-refractivity contribution in [3.63, 3.8) is 0 Å². The largest absolute Gasteiger partial charge is 0.354 e. The molecule has 0 unspecified atom stereocenters. The number of nitrogens with zero attached hydrogens (tertiary/aromatic N) is 4. The van der Waals surface area contributed by atoms with Crippen LogP contribution in [0.5, 0.6) is 0 Å². The Morgan fingerprint density at radius 1 is 0.957 bits per heavy atom. The number of aryl methyl sites for hydroxylation is 1. The Morgan fingerprint density at radius 2 is 1.74 bits per heavy atom. The molecule has 0 bridgehead atoms. The highest BCUT2D eigenvalue weighted by Crippen LogP contribution is 2.28. The molecule has 2 aromatic heterocycles. The predicted octanol–water partition coefficient (Wildman–Crippen LogP) is 3.16. The van der Waals surface area contributed by atoms with E-state index in [9.17, 15) is 0 Å². The van der Waals surface area contributed by atoms with E-state index < -0.39 is 0 Å². The monoisotopic (exact) mass is 330 g/mol. The molecule has 0 atom stereocenters. The van der Waals surface area contributed by atoms with Gasteiger partial charge in [-0.2, -0.15) is 0 Å². The fraction of sp³-hybridized carbons (Fsp3) is 0.444. The molecule has 1 saturated heterocycles. The molecular weight excluding hydrogens is 308 g/mol. The normalized spacial score (nSPS) is 18.6. The van der Waals surface area contributed by atoms with E-state index in [0.717, 1.165) is 36.2 Å². The van der Waals surface area contributed by atoms with E-state index in [0.29, 0.717) is 0 Å². The van der Waals surface area contributed by atoms with Crippen molar-refractivity contribution in [3.8, 4) is 11.1 Å². The second-order valence-corrected chi connectivity index (χ2v) is 6.35. The lowest BCUT2D eigenvalue weighted by atomic mass is 10.1. The van der Waals surface area contributed by atoms with Gasteiger partial charge in [0.2, 0.25) is 0 Å². The van der Waals surface area contributed by atoms with Crippen molar-refractivity contribution in [1.29, 1.82) is 0 Å². The van der Waals surface area contributed by atoms with Crippen molar-refractivity contribution in [2.24, 2.45) is 0 Å². The molecule has 4 nitrogen and oxygen atoms in total. The zero-order valence-corrected chi connectivity index (χ0v) is 14.3. The van der Waals surface area contributed by atoms with Crippen LogP contribution in [-0.4, -0.2) is 47.1 Å². The summed E-state index contributed by atoms with van der Waals surface area (Å²) in [4.78, 5) is 14.0. The third kappa shape index (κ3) is 3.65. The molecule has 1 aliphatic heterocycles. The summed E-state index contributed by atoms with van der Waals surface area (Å²) in [6.45, 7) is 6.56. The fourth-order valence-electron chi connectivity index (χ4n) is 3.22. The maximum Gasteiger partial charge on any atom is 0.128 e. The smallest absolute Gasteiger partial charge is 0.128 e. The fourth-order valence-corrected chi connectivity index (χ4v) is 3.22. The summed E-state index contributed by atoms with van der Waals surface area (Å²) in [6, 6.07) is 9.35. The number of pyridine rings is 2. The van der Waals surface area contributed by atoms with Crippen molar-refractivity contribution in [2.75, 3.05) is 31.1 Å². The highest BCUT2D eigenvalue weighted by molar-refractivity contribution is 5.85. The van der Waals surface area contributed by atoms with Crippen LogP contribution >= 0.6 is 12.4 Å². The summed E-state index contributed by atoms with van der Waals surface area (Å²) in [7, 11) is 0. The molecule has 2 aromatic rings. The lowest BCUT2D eigenvalue weighted by Crippen LogP contribution is -2.47. The standard InChI is InChI=1S/C18H22N4.ClH/c1-14-12-15(6-7-19-14)16-2-5-18(20-13-16)22-10-8-21(9-11-22)17-3-4-17;/h2,5-7,12-13,17H,3-4,8-11H2,1H3;1H. The summed E-state index contributed by atoms with van der Waals surface area (Å²) in [5, 5.41) is 0. The van der Waals surface area contributed by atoms with Gasteiger partial charge < -0.3 is 4.90 Å². The van der Waals surface area contributed by atoms with E-state index in [4.69, 9.17) is 0 Å². The van der Waals surface area contributed by atoms with E-state index in [1.165, 1.54) is 31.5 Å². The first kappa shape index (κ1) is 16.2. The number of aromatic nitrogens is 2. The Hall–Kier alpha value is -1.65. The Kier molecular flexibility index (Phi) is 4.83. The van der Waals surface area contributed by atoms with Crippen LogP contribution in [0.15, 0.2) is 36.7 Å². The summed E-state index contributed by atoms with van der Waals surface area (Å²) in [5.41, 5.74) is 3.38. The van der Waals surface area contributed by atoms with Gasteiger partial charge in [0.25, 0.3) is 0 Å². The second-order valence-electron chi connectivity index (χ2n) is 6.35. The van der Waals surface area contributed by atoms with E-state index in [-0.39, 0.29) is 12.4 Å². The molecule has 0 radical (unpaired) electrons. The van der Waals surface area contributed by atoms with Gasteiger partial charge in [-0.05, 0) is 49.6 Å². The van der Waals surface area contributed by atoms with Gasteiger partial charge in [0.1, 0.15) is 5.82 Å². The maximum atomic E-state index is 4.68. The number of hydrogen-bond donors (Lipinski definition) is 0. The Bertz CT molecular complexity index is 646. The van der Waals surface area contributed by atoms with Gasteiger partial charge in [0, 0.05) is 55.9 Å². The van der Waals surface area contributed by atoms with E-state index in [2.05, 4.69) is 38.0 Å². The summed E-state index contributed by atoms with van der Waals surface area (Å²) in [6.07, 6.45) is 6.64. The van der Waals surface area contributed by atoms with Crippen LogP contribution in [-0.2, 0) is 0 Å². The maximum absolute atomic E-state index is 4.68. The van der Waals surface area contributed by atoms with Gasteiger partial charge in [-0.1, -0.05) is 0 Å². The van der Waals surface area contributed by atoms with Crippen LogP contribution in [0.3, 0.4) is 0 Å². The van der Waals surface area contributed by atoms with Crippen LogP contribution in [0.25, 0.3) is 11.1 Å². The topological polar surface area (TPSA) is 32.3 Å². The molecule has 3 heterocycles. The van der Waals surface area contributed by atoms with E-state index >= 15 is 0 Å². The number of rotatable bonds is 3. The van der Waals surface area contributed by atoms with Gasteiger partial charge in [-0.15, -0.1) is 12.4 Å². The molecule has 23 heavy (non-hydrogen) atoms. The first-order chi connectivity index (χ1) is 10.8. The lowest BCUT2D eigenvalue weighted by Gasteiger charge is -2.35. The molecule has 0 N–H and O–H groups in total. The quantitative estimate of drug-likeness (QED) is 0.865. The minimum atomic E-state index is 0. The number of anilines is 1. The van der Waals surface area contributed by atoms with Gasteiger partial charge in [0.15, 0.2) is 0 Å². The minimum Gasteiger partial charge on any atom is -0.354 e. The third-order valence-corrected chi connectivity index (χ3v) is 4.68. The molecule has 1 saturated carbocycles. The molecule has 0 aromatic carbocycles. The van der Waals surface area contributed by atoms with E-state index in [1.807, 2.05) is 25.4 Å². The Morgan fingerprint density at radius 3 is 2.35 bits per heavy atom. The number of piperazine rings is 1. The first-order valence-corrected chi connectivity index (χ1v) is 8.18. The molecule has 2 aliphatic rings. The molecule has 4 rings (SSSR count). The zero-order valence-electron chi connectivity index (χ0n) is 13.5. The predicted molar refractivity (Wildman–Crippen MR) is 96.3 cm³/mol. The summed E-state index contributed by atoms with van der Waals surface area (Å²) in [5.74, 6) is 1.10. The van der Waals surface area contributed by atoms with Gasteiger partial charge in [-0.25, -0.2) is 4.98 Å². The van der Waals surface area contributed by atoms with Crippen molar-refractivity contribution in [2.45, 2.75) is 25.8 Å². The van der Waals surface area contributed by atoms with Crippen LogP contribution in [0.2, 0.25) is 0 Å². The minimum absolute atomic E-state index is 0. The Labute approximate surface area is 144 Å². The molecule has 122 valence electrons. The van der Waals surface area contributed by atoms with Crippen molar-refractivity contribution < 1.29 is 0 Å². The van der Waals surface area contributed by atoms with Crippen LogP contribution < -0.4 is 4.90 Å². The van der Waals surface area contributed by atoms with Crippen LogP contribution in [0.4, 0.5) is 5.82 Å². The van der Waals surface area contributed by atoms with Crippen molar-refractivity contribution in [1.82, 2.24) is 14.9 Å². The van der Waals surface area contributed by atoms with Crippen molar-refractivity contribution in [3.05, 3.63) is 42.4 Å². The molecule has 0 amide bonds. The molecule has 2 fully saturated rings. The molecule has 0 spiro atoms. The second kappa shape index (κ2) is 6.85. The zero-order chi connectivity index (χ0) is 14.9. The average molecular weight is 331 g/mol. The third-order valence-electron chi connectivity index (χ3n) is 4.68. The lowest BCUT2D eigenvalue weighted by molar-refractivity contribution is 0.247. The van der Waals surface area contributed by atoms with Crippen LogP contribution in [0, 0.1) is 6.92 Å². The highest BCUT2D eigenvalue weighted by Gasteiger charge is 2.31. The van der Waals surface area contributed by atoms with Gasteiger partial charge >= 0.3 is 0 Å². The molecule has 5 heteroatoms. The highest BCUT2D eigenvalue weighted by atomic mass is 35.5. The van der Waals surface area contributed by atoms with Gasteiger partial charge in [-0.3, -0.25) is 9.88 Å². The Balaban J connectivity index is 0.00000156. The first-order valence-electron chi connectivity index (χ1n) is 8.18. The molecule has 1 aliphatic carbocycles.